The van der Waals surface area contributed by atoms with E-state index in [9.17, 15) is 4.79 Å². The molecule has 0 spiro atoms. The molecule has 4 nitrogen and oxygen atoms in total. The quantitative estimate of drug-likeness (QED) is 0.867. The molecule has 2 aromatic rings. The molecule has 0 unspecified atom stereocenters. The van der Waals surface area contributed by atoms with Gasteiger partial charge in [-0.3, -0.25) is 9.89 Å². The Balaban J connectivity index is 1.99. The normalized spacial score (nSPS) is 13.6. The molecule has 0 saturated heterocycles. The van der Waals surface area contributed by atoms with Crippen LogP contribution in [-0.4, -0.2) is 21.3 Å². The van der Waals surface area contributed by atoms with Crippen LogP contribution < -0.4 is 0 Å². The van der Waals surface area contributed by atoms with Gasteiger partial charge in [-0.15, -0.1) is 0 Å². The highest BCUT2D eigenvalue weighted by Crippen LogP contribution is 2.28. The molecule has 1 aliphatic carbocycles. The van der Waals surface area contributed by atoms with Gasteiger partial charge in [0.1, 0.15) is 0 Å². The highest BCUT2D eigenvalue weighted by molar-refractivity contribution is 5.75. The number of nitrogens with zero attached hydrogens (tertiary/aromatic N) is 1. The lowest BCUT2D eigenvalue weighted by molar-refractivity contribution is -0.136. The van der Waals surface area contributed by atoms with Crippen LogP contribution in [0.5, 0.6) is 0 Å². The summed E-state index contributed by atoms with van der Waals surface area (Å²) in [5.41, 5.74) is 5.39. The zero-order chi connectivity index (χ0) is 12.5. The lowest BCUT2D eigenvalue weighted by Gasteiger charge is -2.05. The van der Waals surface area contributed by atoms with Gasteiger partial charge in [-0.25, -0.2) is 0 Å². The minimum absolute atomic E-state index is 0.00289. The Hall–Kier alpha value is -2.10. The fourth-order valence-corrected chi connectivity index (χ4v) is 2.59. The summed E-state index contributed by atoms with van der Waals surface area (Å²) in [7, 11) is 0. The van der Waals surface area contributed by atoms with E-state index in [0.717, 1.165) is 29.7 Å². The number of H-pyrrole nitrogens is 1. The first kappa shape index (κ1) is 11.0. The number of carbonyl (C=O) groups is 1. The summed E-state index contributed by atoms with van der Waals surface area (Å²) in [5.74, 6) is -0.834. The first-order valence-electron chi connectivity index (χ1n) is 6.10. The molecule has 2 N–H and O–H groups in total. The van der Waals surface area contributed by atoms with Crippen LogP contribution in [0.2, 0.25) is 0 Å². The van der Waals surface area contributed by atoms with Crippen LogP contribution in [0.4, 0.5) is 0 Å². The molecule has 3 rings (SSSR count). The first-order chi connectivity index (χ1) is 8.74. The van der Waals surface area contributed by atoms with Gasteiger partial charge < -0.3 is 5.11 Å². The summed E-state index contributed by atoms with van der Waals surface area (Å²) < 4.78 is 0. The van der Waals surface area contributed by atoms with Crippen LogP contribution in [0.15, 0.2) is 24.4 Å². The van der Waals surface area contributed by atoms with Crippen molar-refractivity contribution in [1.82, 2.24) is 10.2 Å². The zero-order valence-electron chi connectivity index (χ0n) is 9.94. The van der Waals surface area contributed by atoms with Crippen LogP contribution in [0.3, 0.4) is 0 Å². The van der Waals surface area contributed by atoms with Crippen molar-refractivity contribution in [2.24, 2.45) is 0 Å². The number of benzene rings is 1. The molecule has 18 heavy (non-hydrogen) atoms. The molecular formula is C14H14N2O2. The molecular weight excluding hydrogens is 228 g/mol. The Morgan fingerprint density at radius 3 is 3.00 bits per heavy atom. The maximum Gasteiger partial charge on any atom is 0.307 e. The molecule has 92 valence electrons. The van der Waals surface area contributed by atoms with Gasteiger partial charge in [0.05, 0.1) is 18.3 Å². The summed E-state index contributed by atoms with van der Waals surface area (Å²) in [5, 5.41) is 15.7. The molecule has 0 fully saturated rings. The third-order valence-corrected chi connectivity index (χ3v) is 3.45. The number of nitrogens with one attached hydrogen (secondary N) is 1. The molecule has 0 amide bonds. The number of fused-ring (bicyclic) bond motifs is 1. The van der Waals surface area contributed by atoms with Crippen LogP contribution in [-0.2, 0) is 24.1 Å². The fraction of sp³-hybridized carbons (Fsp3) is 0.286. The molecule has 0 aliphatic heterocycles. The Morgan fingerprint density at radius 2 is 2.17 bits per heavy atom. The second-order valence-corrected chi connectivity index (χ2v) is 4.68. The maximum atomic E-state index is 10.8. The van der Waals surface area contributed by atoms with Gasteiger partial charge in [0, 0.05) is 11.1 Å². The monoisotopic (exact) mass is 242 g/mol. The largest absolute Gasteiger partial charge is 0.481 e. The van der Waals surface area contributed by atoms with E-state index in [1.807, 2.05) is 6.07 Å². The summed E-state index contributed by atoms with van der Waals surface area (Å²) >= 11 is 0. The van der Waals surface area contributed by atoms with E-state index >= 15 is 0 Å². The number of aromatic nitrogens is 2. The molecule has 1 heterocycles. The Morgan fingerprint density at radius 1 is 1.33 bits per heavy atom. The van der Waals surface area contributed by atoms with Crippen molar-refractivity contribution in [2.75, 3.05) is 0 Å². The van der Waals surface area contributed by atoms with Gasteiger partial charge in [-0.2, -0.15) is 5.10 Å². The molecule has 0 radical (unpaired) electrons. The molecule has 1 aromatic carbocycles. The highest BCUT2D eigenvalue weighted by atomic mass is 16.4. The van der Waals surface area contributed by atoms with Gasteiger partial charge in [0.2, 0.25) is 0 Å². The van der Waals surface area contributed by atoms with E-state index in [1.165, 1.54) is 17.5 Å². The maximum absolute atomic E-state index is 10.8. The summed E-state index contributed by atoms with van der Waals surface area (Å²) in [6.45, 7) is 0. The average molecular weight is 242 g/mol. The van der Waals surface area contributed by atoms with Crippen molar-refractivity contribution in [2.45, 2.75) is 25.7 Å². The number of aromatic amines is 1. The number of rotatable bonds is 3. The van der Waals surface area contributed by atoms with Crippen LogP contribution in [0.1, 0.15) is 23.1 Å². The third-order valence-electron chi connectivity index (χ3n) is 3.45. The lowest BCUT2D eigenvalue weighted by Crippen LogP contribution is -2.00. The lowest BCUT2D eigenvalue weighted by atomic mass is 10.0. The Bertz CT molecular complexity index is 602. The van der Waals surface area contributed by atoms with Crippen molar-refractivity contribution >= 4 is 5.97 Å². The number of hydrogen-bond donors (Lipinski definition) is 2. The van der Waals surface area contributed by atoms with E-state index in [2.05, 4.69) is 22.3 Å². The van der Waals surface area contributed by atoms with E-state index in [4.69, 9.17) is 5.11 Å². The molecule has 0 saturated carbocycles. The highest BCUT2D eigenvalue weighted by Gasteiger charge is 2.15. The number of aryl methyl sites for hydroxylation is 2. The fourth-order valence-electron chi connectivity index (χ4n) is 2.59. The minimum Gasteiger partial charge on any atom is -0.481 e. The number of hydrogen-bond acceptors (Lipinski definition) is 2. The predicted molar refractivity (Wildman–Crippen MR) is 67.4 cm³/mol. The van der Waals surface area contributed by atoms with Crippen molar-refractivity contribution in [3.05, 3.63) is 41.1 Å². The Kier molecular flexibility index (Phi) is 2.63. The third kappa shape index (κ3) is 1.90. The average Bonchev–Trinajstić information content (AvgIpc) is 2.95. The zero-order valence-corrected chi connectivity index (χ0v) is 9.94. The SMILES string of the molecule is O=C(O)Cc1cn[nH]c1-c1ccc2c(c1)CCC2. The predicted octanol–water partition coefficient (Wildman–Crippen LogP) is 2.19. The second kappa shape index (κ2) is 4.29. The summed E-state index contributed by atoms with van der Waals surface area (Å²) in [6.07, 6.45) is 5.08. The Labute approximate surface area is 105 Å². The topological polar surface area (TPSA) is 66.0 Å². The van der Waals surface area contributed by atoms with E-state index < -0.39 is 5.97 Å². The van der Waals surface area contributed by atoms with E-state index in [1.54, 1.807) is 6.20 Å². The van der Waals surface area contributed by atoms with Crippen LogP contribution in [0.25, 0.3) is 11.3 Å². The number of carboxylic acids is 1. The van der Waals surface area contributed by atoms with Crippen molar-refractivity contribution in [3.63, 3.8) is 0 Å². The molecule has 0 atom stereocenters. The van der Waals surface area contributed by atoms with E-state index in [-0.39, 0.29) is 6.42 Å². The molecule has 1 aromatic heterocycles. The van der Waals surface area contributed by atoms with Crippen molar-refractivity contribution in [3.8, 4) is 11.3 Å². The second-order valence-electron chi connectivity index (χ2n) is 4.68. The standard InChI is InChI=1S/C14H14N2O2/c17-13(18)7-12-8-15-16-14(12)11-5-4-9-2-1-3-10(9)6-11/h4-6,8H,1-3,7H2,(H,15,16)(H,17,18). The smallest absolute Gasteiger partial charge is 0.307 e. The van der Waals surface area contributed by atoms with Crippen LogP contribution in [0, 0.1) is 0 Å². The number of aliphatic carboxylic acids is 1. The van der Waals surface area contributed by atoms with Crippen LogP contribution >= 0.6 is 0 Å². The van der Waals surface area contributed by atoms with E-state index in [0.29, 0.717) is 0 Å². The number of carboxylic acid groups (broad SMARTS) is 1. The molecule has 4 heteroatoms. The summed E-state index contributed by atoms with van der Waals surface area (Å²) in [6, 6.07) is 6.34. The van der Waals surface area contributed by atoms with Crippen molar-refractivity contribution in [1.29, 1.82) is 0 Å². The molecule has 1 aliphatic rings. The first-order valence-corrected chi connectivity index (χ1v) is 6.10. The van der Waals surface area contributed by atoms with Crippen molar-refractivity contribution < 1.29 is 9.90 Å². The van der Waals surface area contributed by atoms with Gasteiger partial charge in [0.15, 0.2) is 0 Å². The van der Waals surface area contributed by atoms with Gasteiger partial charge >= 0.3 is 5.97 Å². The van der Waals surface area contributed by atoms with Gasteiger partial charge in [-0.05, 0) is 36.5 Å². The van der Waals surface area contributed by atoms with Gasteiger partial charge in [0.25, 0.3) is 0 Å². The van der Waals surface area contributed by atoms with Gasteiger partial charge in [-0.1, -0.05) is 12.1 Å². The minimum atomic E-state index is -0.834. The summed E-state index contributed by atoms with van der Waals surface area (Å²) in [4.78, 5) is 10.8. The molecule has 0 bridgehead atoms.